The number of rotatable bonds is 4. The zero-order valence-electron chi connectivity index (χ0n) is 17.3. The van der Waals surface area contributed by atoms with Crippen LogP contribution in [0.4, 0.5) is 5.69 Å². The number of amides is 1. The topological polar surface area (TPSA) is 59.8 Å². The number of anilines is 1. The molecule has 4 aromatic rings. The van der Waals surface area contributed by atoms with E-state index < -0.39 is 5.91 Å². The van der Waals surface area contributed by atoms with E-state index in [4.69, 9.17) is 23.2 Å². The SMILES string of the molecule is Cc1ccc(-c2nc(C(=O)Nc3cc(Cl)ccc3C)nn2-c2ccc(C)c(Cl)c2)cc1. The quantitative estimate of drug-likeness (QED) is 0.390. The van der Waals surface area contributed by atoms with E-state index >= 15 is 0 Å². The highest BCUT2D eigenvalue weighted by Crippen LogP contribution is 2.26. The lowest BCUT2D eigenvalue weighted by atomic mass is 10.1. The Morgan fingerprint density at radius 2 is 1.61 bits per heavy atom. The summed E-state index contributed by atoms with van der Waals surface area (Å²) < 4.78 is 1.63. The van der Waals surface area contributed by atoms with Crippen LogP contribution in [-0.4, -0.2) is 20.7 Å². The molecule has 0 bridgehead atoms. The van der Waals surface area contributed by atoms with Crippen molar-refractivity contribution in [1.29, 1.82) is 0 Å². The average molecular weight is 451 g/mol. The van der Waals surface area contributed by atoms with Crippen LogP contribution in [0.25, 0.3) is 17.1 Å². The summed E-state index contributed by atoms with van der Waals surface area (Å²) in [5.41, 5.74) is 5.15. The average Bonchev–Trinajstić information content (AvgIpc) is 3.19. The standard InChI is InChI=1S/C24H20Cl2N4O/c1-14-4-8-17(9-5-14)23-28-22(24(31)27-21-12-18(25)10-6-16(21)3)29-30(23)19-11-7-15(2)20(26)13-19/h4-13H,1-3H3,(H,27,31). The van der Waals surface area contributed by atoms with Gasteiger partial charge in [-0.3, -0.25) is 4.79 Å². The Morgan fingerprint density at radius 3 is 2.32 bits per heavy atom. The lowest BCUT2D eigenvalue weighted by molar-refractivity contribution is 0.101. The van der Waals surface area contributed by atoms with E-state index in [1.54, 1.807) is 16.8 Å². The monoisotopic (exact) mass is 450 g/mol. The fourth-order valence-corrected chi connectivity index (χ4v) is 3.45. The highest BCUT2D eigenvalue weighted by molar-refractivity contribution is 6.31. The lowest BCUT2D eigenvalue weighted by Crippen LogP contribution is -2.15. The third-order valence-electron chi connectivity index (χ3n) is 4.97. The number of nitrogens with zero attached hydrogens (tertiary/aromatic N) is 3. The van der Waals surface area contributed by atoms with Gasteiger partial charge >= 0.3 is 0 Å². The van der Waals surface area contributed by atoms with Gasteiger partial charge in [0.25, 0.3) is 5.91 Å². The van der Waals surface area contributed by atoms with Gasteiger partial charge in [-0.1, -0.05) is 65.2 Å². The first kappa shape index (κ1) is 21.1. The summed E-state index contributed by atoms with van der Waals surface area (Å²) >= 11 is 12.4. The number of hydrogen-bond acceptors (Lipinski definition) is 3. The Kier molecular flexibility index (Phi) is 5.81. The third-order valence-corrected chi connectivity index (χ3v) is 5.61. The Morgan fingerprint density at radius 1 is 0.903 bits per heavy atom. The number of hydrogen-bond donors (Lipinski definition) is 1. The van der Waals surface area contributed by atoms with Crippen LogP contribution in [-0.2, 0) is 0 Å². The van der Waals surface area contributed by atoms with Crippen molar-refractivity contribution in [1.82, 2.24) is 14.8 Å². The first-order valence-electron chi connectivity index (χ1n) is 9.70. The minimum absolute atomic E-state index is 0.0478. The molecule has 1 amide bonds. The lowest BCUT2D eigenvalue weighted by Gasteiger charge is -2.08. The van der Waals surface area contributed by atoms with E-state index in [-0.39, 0.29) is 5.82 Å². The van der Waals surface area contributed by atoms with Gasteiger partial charge in [0, 0.05) is 21.3 Å². The molecule has 0 unspecified atom stereocenters. The number of carbonyl (C=O) groups excluding carboxylic acids is 1. The first-order valence-corrected chi connectivity index (χ1v) is 10.5. The summed E-state index contributed by atoms with van der Waals surface area (Å²) in [7, 11) is 0. The van der Waals surface area contributed by atoms with Gasteiger partial charge in [-0.15, -0.1) is 5.10 Å². The van der Waals surface area contributed by atoms with Gasteiger partial charge in [-0.2, -0.15) is 0 Å². The first-order chi connectivity index (χ1) is 14.8. The maximum atomic E-state index is 13.0. The fraction of sp³-hybridized carbons (Fsp3) is 0.125. The van der Waals surface area contributed by atoms with E-state index in [1.165, 1.54) is 0 Å². The largest absolute Gasteiger partial charge is 0.319 e. The molecule has 0 fully saturated rings. The summed E-state index contributed by atoms with van der Waals surface area (Å²) in [6.07, 6.45) is 0. The van der Waals surface area contributed by atoms with Crippen molar-refractivity contribution in [2.24, 2.45) is 0 Å². The Hall–Kier alpha value is -3.15. The normalized spacial score (nSPS) is 10.9. The number of benzene rings is 3. The van der Waals surface area contributed by atoms with E-state index in [9.17, 15) is 4.79 Å². The van der Waals surface area contributed by atoms with Crippen molar-refractivity contribution >= 4 is 34.8 Å². The van der Waals surface area contributed by atoms with Crippen molar-refractivity contribution in [3.05, 3.63) is 93.2 Å². The molecule has 0 aliphatic heterocycles. The minimum atomic E-state index is -0.421. The number of carbonyl (C=O) groups is 1. The molecule has 1 heterocycles. The van der Waals surface area contributed by atoms with Crippen LogP contribution in [0.3, 0.4) is 0 Å². The molecule has 0 saturated heterocycles. The summed E-state index contributed by atoms with van der Waals surface area (Å²) in [5.74, 6) is 0.176. The highest BCUT2D eigenvalue weighted by Gasteiger charge is 2.20. The van der Waals surface area contributed by atoms with E-state index in [0.717, 1.165) is 27.9 Å². The third kappa shape index (κ3) is 4.48. The van der Waals surface area contributed by atoms with Crippen molar-refractivity contribution in [3.8, 4) is 17.1 Å². The van der Waals surface area contributed by atoms with Crippen LogP contribution in [0.1, 0.15) is 27.3 Å². The van der Waals surface area contributed by atoms with Gasteiger partial charge in [-0.25, -0.2) is 9.67 Å². The highest BCUT2D eigenvalue weighted by atomic mass is 35.5. The molecule has 1 N–H and O–H groups in total. The molecular formula is C24H20Cl2N4O. The molecule has 1 aromatic heterocycles. The molecule has 0 aliphatic carbocycles. The van der Waals surface area contributed by atoms with Crippen molar-refractivity contribution in [2.75, 3.05) is 5.32 Å². The molecule has 5 nitrogen and oxygen atoms in total. The molecule has 0 radical (unpaired) electrons. The number of aryl methyl sites for hydroxylation is 3. The van der Waals surface area contributed by atoms with E-state index in [2.05, 4.69) is 15.4 Å². The van der Waals surface area contributed by atoms with Crippen molar-refractivity contribution < 1.29 is 4.79 Å². The molecule has 156 valence electrons. The summed E-state index contributed by atoms with van der Waals surface area (Å²) in [5, 5.41) is 8.50. The molecule has 0 spiro atoms. The zero-order chi connectivity index (χ0) is 22.1. The van der Waals surface area contributed by atoms with Crippen molar-refractivity contribution in [2.45, 2.75) is 20.8 Å². The van der Waals surface area contributed by atoms with Crippen LogP contribution < -0.4 is 5.32 Å². The Bertz CT molecular complexity index is 1280. The number of aromatic nitrogens is 3. The van der Waals surface area contributed by atoms with Crippen LogP contribution in [0.2, 0.25) is 10.0 Å². The van der Waals surface area contributed by atoms with Crippen LogP contribution in [0.5, 0.6) is 0 Å². The molecule has 31 heavy (non-hydrogen) atoms. The van der Waals surface area contributed by atoms with E-state index in [0.29, 0.717) is 21.6 Å². The predicted molar refractivity (Wildman–Crippen MR) is 125 cm³/mol. The molecule has 3 aromatic carbocycles. The second-order valence-corrected chi connectivity index (χ2v) is 8.23. The molecule has 7 heteroatoms. The maximum Gasteiger partial charge on any atom is 0.295 e. The molecule has 0 aliphatic rings. The fourth-order valence-electron chi connectivity index (χ4n) is 3.10. The second-order valence-electron chi connectivity index (χ2n) is 7.38. The molecule has 4 rings (SSSR count). The Labute approximate surface area is 190 Å². The minimum Gasteiger partial charge on any atom is -0.319 e. The smallest absolute Gasteiger partial charge is 0.295 e. The summed E-state index contributed by atoms with van der Waals surface area (Å²) in [6, 6.07) is 18.8. The van der Waals surface area contributed by atoms with Gasteiger partial charge in [-0.05, 0) is 56.2 Å². The van der Waals surface area contributed by atoms with Gasteiger partial charge in [0.2, 0.25) is 5.82 Å². The van der Waals surface area contributed by atoms with Crippen LogP contribution in [0, 0.1) is 20.8 Å². The summed E-state index contributed by atoms with van der Waals surface area (Å²) in [4.78, 5) is 17.5. The van der Waals surface area contributed by atoms with Crippen LogP contribution >= 0.6 is 23.2 Å². The predicted octanol–water partition coefficient (Wildman–Crippen LogP) is 6.42. The zero-order valence-corrected chi connectivity index (χ0v) is 18.8. The van der Waals surface area contributed by atoms with Crippen molar-refractivity contribution in [3.63, 3.8) is 0 Å². The number of halogens is 2. The van der Waals surface area contributed by atoms with Crippen LogP contribution in [0.15, 0.2) is 60.7 Å². The second kappa shape index (κ2) is 8.53. The summed E-state index contributed by atoms with van der Waals surface area (Å²) in [6.45, 7) is 5.84. The van der Waals surface area contributed by atoms with Gasteiger partial charge < -0.3 is 5.32 Å². The number of nitrogens with one attached hydrogen (secondary N) is 1. The molecule has 0 atom stereocenters. The maximum absolute atomic E-state index is 13.0. The van der Waals surface area contributed by atoms with Gasteiger partial charge in [0.1, 0.15) is 0 Å². The van der Waals surface area contributed by atoms with E-state index in [1.807, 2.05) is 69.3 Å². The van der Waals surface area contributed by atoms with Gasteiger partial charge in [0.05, 0.1) is 5.69 Å². The molecule has 0 saturated carbocycles. The Balaban J connectivity index is 1.78. The molecular weight excluding hydrogens is 431 g/mol. The van der Waals surface area contributed by atoms with Gasteiger partial charge in [0.15, 0.2) is 5.82 Å².